The van der Waals surface area contributed by atoms with E-state index in [9.17, 15) is 14.0 Å². The average molecular weight is 282 g/mol. The molecular formula is C14H19FN2O3. The van der Waals surface area contributed by atoms with Crippen LogP contribution in [0.4, 0.5) is 4.39 Å². The minimum atomic E-state index is -0.959. The fourth-order valence-electron chi connectivity index (χ4n) is 1.96. The minimum Gasteiger partial charge on any atom is -0.480 e. The number of hydrogen-bond donors (Lipinski definition) is 2. The van der Waals surface area contributed by atoms with Crippen LogP contribution in [0.5, 0.6) is 0 Å². The van der Waals surface area contributed by atoms with Crippen molar-refractivity contribution in [3.8, 4) is 0 Å². The van der Waals surface area contributed by atoms with Gasteiger partial charge in [-0.1, -0.05) is 19.9 Å². The number of carboxylic acid groups (broad SMARTS) is 1. The maximum Gasteiger partial charge on any atom is 0.317 e. The van der Waals surface area contributed by atoms with E-state index in [1.807, 2.05) is 13.8 Å². The van der Waals surface area contributed by atoms with Crippen LogP contribution >= 0.6 is 0 Å². The Balaban J connectivity index is 2.87. The van der Waals surface area contributed by atoms with Crippen molar-refractivity contribution in [3.63, 3.8) is 0 Å². The molecule has 0 heterocycles. The van der Waals surface area contributed by atoms with Gasteiger partial charge in [-0.05, 0) is 18.1 Å². The summed E-state index contributed by atoms with van der Waals surface area (Å²) < 4.78 is 13.9. The van der Waals surface area contributed by atoms with E-state index in [-0.39, 0.29) is 24.6 Å². The van der Waals surface area contributed by atoms with Gasteiger partial charge in [-0.25, -0.2) is 4.39 Å². The van der Waals surface area contributed by atoms with Crippen molar-refractivity contribution < 1.29 is 19.1 Å². The van der Waals surface area contributed by atoms with Crippen LogP contribution in [-0.4, -0.2) is 35.0 Å². The van der Waals surface area contributed by atoms with Gasteiger partial charge >= 0.3 is 5.97 Å². The zero-order valence-corrected chi connectivity index (χ0v) is 11.6. The first kappa shape index (κ1) is 16.1. The molecule has 1 amide bonds. The highest BCUT2D eigenvalue weighted by molar-refractivity contribution is 5.92. The third kappa shape index (κ3) is 4.97. The maximum atomic E-state index is 13.9. The summed E-state index contributed by atoms with van der Waals surface area (Å²) in [4.78, 5) is 23.4. The van der Waals surface area contributed by atoms with Crippen LogP contribution in [0, 0.1) is 11.7 Å². The van der Waals surface area contributed by atoms with E-state index in [2.05, 4.69) is 0 Å². The zero-order valence-electron chi connectivity index (χ0n) is 11.6. The van der Waals surface area contributed by atoms with Crippen molar-refractivity contribution in [1.29, 1.82) is 0 Å². The molecular weight excluding hydrogens is 263 g/mol. The molecule has 0 fully saturated rings. The largest absolute Gasteiger partial charge is 0.480 e. The Kier molecular flexibility index (Phi) is 5.64. The van der Waals surface area contributed by atoms with Crippen molar-refractivity contribution in [3.05, 3.63) is 35.1 Å². The third-order valence-electron chi connectivity index (χ3n) is 2.71. The molecule has 0 saturated carbocycles. The molecule has 1 aromatic rings. The highest BCUT2D eigenvalue weighted by Gasteiger charge is 2.15. The number of halogens is 1. The molecule has 3 N–H and O–H groups in total. The number of primary amides is 1. The highest BCUT2D eigenvalue weighted by Crippen LogP contribution is 2.14. The standard InChI is InChI=1S/C14H19FN2O3/c1-9(2)6-17(8-13(18)19)7-11-4-3-10(14(16)20)5-12(11)15/h3-5,9H,6-8H2,1-2H3,(H2,16,20)(H,18,19). The van der Waals surface area contributed by atoms with Crippen LogP contribution in [0.15, 0.2) is 18.2 Å². The van der Waals surface area contributed by atoms with Gasteiger partial charge in [-0.15, -0.1) is 0 Å². The molecule has 6 heteroatoms. The van der Waals surface area contributed by atoms with Gasteiger partial charge in [-0.2, -0.15) is 0 Å². The topological polar surface area (TPSA) is 83.6 Å². The number of nitrogens with zero attached hydrogens (tertiary/aromatic N) is 1. The molecule has 0 spiro atoms. The van der Waals surface area contributed by atoms with Crippen LogP contribution in [0.25, 0.3) is 0 Å². The van der Waals surface area contributed by atoms with Crippen molar-refractivity contribution >= 4 is 11.9 Å². The number of amides is 1. The summed E-state index contributed by atoms with van der Waals surface area (Å²) in [7, 11) is 0. The number of benzene rings is 1. The van der Waals surface area contributed by atoms with E-state index >= 15 is 0 Å². The highest BCUT2D eigenvalue weighted by atomic mass is 19.1. The van der Waals surface area contributed by atoms with E-state index in [1.54, 1.807) is 4.90 Å². The van der Waals surface area contributed by atoms with Gasteiger partial charge in [0.25, 0.3) is 0 Å². The van der Waals surface area contributed by atoms with E-state index in [1.165, 1.54) is 12.1 Å². The van der Waals surface area contributed by atoms with Crippen LogP contribution in [-0.2, 0) is 11.3 Å². The van der Waals surface area contributed by atoms with Crippen LogP contribution in [0.3, 0.4) is 0 Å². The molecule has 0 radical (unpaired) electrons. The number of carbonyl (C=O) groups is 2. The molecule has 0 aliphatic heterocycles. The Bertz CT molecular complexity index is 503. The van der Waals surface area contributed by atoms with E-state index in [4.69, 9.17) is 10.8 Å². The number of hydrogen-bond acceptors (Lipinski definition) is 3. The summed E-state index contributed by atoms with van der Waals surface area (Å²) in [5.74, 6) is -1.94. The van der Waals surface area contributed by atoms with Crippen LogP contribution in [0.2, 0.25) is 0 Å². The van der Waals surface area contributed by atoms with Crippen molar-refractivity contribution in [2.75, 3.05) is 13.1 Å². The normalized spacial score (nSPS) is 11.1. The Hall–Kier alpha value is -1.95. The lowest BCUT2D eigenvalue weighted by Crippen LogP contribution is -2.32. The molecule has 1 rings (SSSR count). The first-order valence-corrected chi connectivity index (χ1v) is 6.32. The quantitative estimate of drug-likeness (QED) is 0.793. The monoisotopic (exact) mass is 282 g/mol. The molecule has 0 bridgehead atoms. The molecule has 20 heavy (non-hydrogen) atoms. The first-order chi connectivity index (χ1) is 9.29. The van der Waals surface area contributed by atoms with Gasteiger partial charge in [0.05, 0.1) is 6.54 Å². The Morgan fingerprint density at radius 3 is 2.50 bits per heavy atom. The second-order valence-corrected chi connectivity index (χ2v) is 5.13. The number of rotatable bonds is 7. The Labute approximate surface area is 117 Å². The smallest absolute Gasteiger partial charge is 0.317 e. The SMILES string of the molecule is CC(C)CN(CC(=O)O)Cc1ccc(C(N)=O)cc1F. The summed E-state index contributed by atoms with van der Waals surface area (Å²) in [6.45, 7) is 4.48. The van der Waals surface area contributed by atoms with Gasteiger partial charge in [0.15, 0.2) is 0 Å². The summed E-state index contributed by atoms with van der Waals surface area (Å²) in [6, 6.07) is 3.98. The van der Waals surface area contributed by atoms with Crippen molar-refractivity contribution in [1.82, 2.24) is 4.90 Å². The maximum absolute atomic E-state index is 13.9. The average Bonchev–Trinajstić information content (AvgIpc) is 2.29. The number of nitrogens with two attached hydrogens (primary N) is 1. The lowest BCUT2D eigenvalue weighted by Gasteiger charge is -2.22. The van der Waals surface area contributed by atoms with Gasteiger partial charge in [0, 0.05) is 24.2 Å². The predicted octanol–water partition coefficient (Wildman–Crippen LogP) is 1.47. The van der Waals surface area contributed by atoms with E-state index in [0.717, 1.165) is 6.07 Å². The molecule has 0 aliphatic rings. The molecule has 1 aromatic carbocycles. The first-order valence-electron chi connectivity index (χ1n) is 6.32. The number of carboxylic acids is 1. The minimum absolute atomic E-state index is 0.0971. The zero-order chi connectivity index (χ0) is 15.3. The van der Waals surface area contributed by atoms with Crippen LogP contribution in [0.1, 0.15) is 29.8 Å². The van der Waals surface area contributed by atoms with Crippen molar-refractivity contribution in [2.45, 2.75) is 20.4 Å². The molecule has 5 nitrogen and oxygen atoms in total. The molecule has 0 saturated heterocycles. The summed E-state index contributed by atoms with van der Waals surface area (Å²) in [5.41, 5.74) is 5.51. The molecule has 0 atom stereocenters. The Morgan fingerprint density at radius 2 is 2.05 bits per heavy atom. The summed E-state index contributed by atoms with van der Waals surface area (Å²) >= 11 is 0. The van der Waals surface area contributed by atoms with Gasteiger partial charge in [0.1, 0.15) is 5.82 Å². The lowest BCUT2D eigenvalue weighted by atomic mass is 10.1. The molecule has 0 aromatic heterocycles. The van der Waals surface area contributed by atoms with E-state index < -0.39 is 17.7 Å². The second kappa shape index (κ2) is 7.00. The predicted molar refractivity (Wildman–Crippen MR) is 72.7 cm³/mol. The second-order valence-electron chi connectivity index (χ2n) is 5.13. The van der Waals surface area contributed by atoms with Crippen LogP contribution < -0.4 is 5.73 Å². The third-order valence-corrected chi connectivity index (χ3v) is 2.71. The van der Waals surface area contributed by atoms with Gasteiger partial charge in [-0.3, -0.25) is 14.5 Å². The summed E-state index contributed by atoms with van der Waals surface area (Å²) in [5, 5.41) is 8.86. The fourth-order valence-corrected chi connectivity index (χ4v) is 1.96. The van der Waals surface area contributed by atoms with Crippen molar-refractivity contribution in [2.24, 2.45) is 11.7 Å². The fraction of sp³-hybridized carbons (Fsp3) is 0.429. The molecule has 110 valence electrons. The summed E-state index contributed by atoms with van der Waals surface area (Å²) in [6.07, 6.45) is 0. The van der Waals surface area contributed by atoms with Gasteiger partial charge in [0.2, 0.25) is 5.91 Å². The molecule has 0 unspecified atom stereocenters. The number of aliphatic carboxylic acids is 1. The Morgan fingerprint density at radius 1 is 1.40 bits per heavy atom. The molecule has 0 aliphatic carbocycles. The number of carbonyl (C=O) groups excluding carboxylic acids is 1. The van der Waals surface area contributed by atoms with Gasteiger partial charge < -0.3 is 10.8 Å². The van der Waals surface area contributed by atoms with E-state index in [0.29, 0.717) is 12.1 Å². The lowest BCUT2D eigenvalue weighted by molar-refractivity contribution is -0.138.